The molecule has 1 aliphatic rings. The minimum absolute atomic E-state index is 0.0971. The quantitative estimate of drug-likeness (QED) is 0.488. The first-order chi connectivity index (χ1) is 5.08. The zero-order chi connectivity index (χ0) is 8.48. The van der Waals surface area contributed by atoms with Gasteiger partial charge in [-0.05, 0) is 31.8 Å². The normalized spacial score (nSPS) is 27.5. The average Bonchev–Trinajstić information content (AvgIpc) is 1.95. The monoisotopic (exact) mass is 152 g/mol. The van der Waals surface area contributed by atoms with Crippen molar-refractivity contribution in [3.63, 3.8) is 0 Å². The van der Waals surface area contributed by atoms with Crippen molar-refractivity contribution < 1.29 is 4.79 Å². The highest BCUT2D eigenvalue weighted by atomic mass is 16.1. The molecule has 0 radical (unpaired) electrons. The summed E-state index contributed by atoms with van der Waals surface area (Å²) in [7, 11) is 0. The molecule has 0 aromatic carbocycles. The van der Waals surface area contributed by atoms with E-state index in [0.29, 0.717) is 5.78 Å². The van der Waals surface area contributed by atoms with Gasteiger partial charge in [-0.2, -0.15) is 0 Å². The van der Waals surface area contributed by atoms with Crippen LogP contribution in [0.25, 0.3) is 0 Å². The lowest BCUT2D eigenvalue weighted by molar-refractivity contribution is -0.124. The largest absolute Gasteiger partial charge is 0.294 e. The Bertz CT molecular complexity index is 199. The molecule has 0 atom stereocenters. The lowest BCUT2D eigenvalue weighted by atomic mass is 9.74. The molecule has 0 aliphatic heterocycles. The highest BCUT2D eigenvalue weighted by Crippen LogP contribution is 2.34. The molecule has 0 spiro atoms. The Morgan fingerprint density at radius 3 is 2.55 bits per heavy atom. The van der Waals surface area contributed by atoms with Crippen molar-refractivity contribution in [1.82, 2.24) is 0 Å². The maximum Gasteiger partial charge on any atom is 0.164 e. The zero-order valence-corrected chi connectivity index (χ0v) is 7.61. The molecule has 1 rings (SSSR count). The van der Waals surface area contributed by atoms with E-state index in [1.54, 1.807) is 0 Å². The first kappa shape index (κ1) is 8.51. The van der Waals surface area contributed by atoms with Gasteiger partial charge in [0.2, 0.25) is 0 Å². The molecule has 0 amide bonds. The average molecular weight is 152 g/mol. The van der Waals surface area contributed by atoms with Gasteiger partial charge in [-0.3, -0.25) is 4.79 Å². The van der Waals surface area contributed by atoms with Gasteiger partial charge < -0.3 is 0 Å². The summed E-state index contributed by atoms with van der Waals surface area (Å²) in [4.78, 5) is 11.6. The van der Waals surface area contributed by atoms with Gasteiger partial charge in [0.05, 0.1) is 0 Å². The van der Waals surface area contributed by atoms with Gasteiger partial charge >= 0.3 is 0 Å². The van der Waals surface area contributed by atoms with Gasteiger partial charge in [0.1, 0.15) is 0 Å². The fourth-order valence-electron chi connectivity index (χ4n) is 1.66. The van der Waals surface area contributed by atoms with Crippen LogP contribution in [0.1, 0.15) is 40.0 Å². The van der Waals surface area contributed by atoms with Crippen molar-refractivity contribution in [3.05, 3.63) is 11.6 Å². The van der Waals surface area contributed by atoms with Crippen LogP contribution in [0.2, 0.25) is 0 Å². The second-order valence-electron chi connectivity index (χ2n) is 3.88. The van der Waals surface area contributed by atoms with Crippen LogP contribution in [0.5, 0.6) is 0 Å². The first-order valence-electron chi connectivity index (χ1n) is 4.28. The number of rotatable bonds is 0. The SMILES string of the molecule is CC=C1CCCC(C)(C)C1=O. The molecule has 0 bridgehead atoms. The molecule has 1 fully saturated rings. The molecule has 0 saturated heterocycles. The molecule has 0 heterocycles. The fraction of sp³-hybridized carbons (Fsp3) is 0.700. The van der Waals surface area contributed by atoms with Crippen LogP contribution < -0.4 is 0 Å². The summed E-state index contributed by atoms with van der Waals surface area (Å²) in [5.41, 5.74) is 0.932. The first-order valence-corrected chi connectivity index (χ1v) is 4.28. The summed E-state index contributed by atoms with van der Waals surface area (Å²) < 4.78 is 0. The Kier molecular flexibility index (Phi) is 2.17. The predicted octanol–water partition coefficient (Wildman–Crippen LogP) is 2.71. The summed E-state index contributed by atoms with van der Waals surface area (Å²) in [6.45, 7) is 6.03. The lowest BCUT2D eigenvalue weighted by Gasteiger charge is -2.29. The maximum atomic E-state index is 11.6. The number of hydrogen-bond donors (Lipinski definition) is 0. The van der Waals surface area contributed by atoms with Crippen molar-refractivity contribution in [1.29, 1.82) is 0 Å². The second-order valence-corrected chi connectivity index (χ2v) is 3.88. The smallest absolute Gasteiger partial charge is 0.164 e. The third kappa shape index (κ3) is 1.52. The van der Waals surface area contributed by atoms with Crippen LogP contribution in [0, 0.1) is 5.41 Å². The Morgan fingerprint density at radius 2 is 2.09 bits per heavy atom. The number of carbonyl (C=O) groups excluding carboxylic acids is 1. The van der Waals surface area contributed by atoms with Crippen LogP contribution in [-0.4, -0.2) is 5.78 Å². The third-order valence-corrected chi connectivity index (χ3v) is 2.50. The topological polar surface area (TPSA) is 17.1 Å². The fourth-order valence-corrected chi connectivity index (χ4v) is 1.66. The number of allylic oxidation sites excluding steroid dienone is 2. The van der Waals surface area contributed by atoms with E-state index >= 15 is 0 Å². The Labute approximate surface area is 68.5 Å². The summed E-state index contributed by atoms with van der Waals surface area (Å²) in [6.07, 6.45) is 5.16. The molecule has 1 heteroatoms. The third-order valence-electron chi connectivity index (χ3n) is 2.50. The van der Waals surface area contributed by atoms with Gasteiger partial charge in [-0.25, -0.2) is 0 Å². The van der Waals surface area contributed by atoms with E-state index in [9.17, 15) is 4.79 Å². The standard InChI is InChI=1S/C10H16O/c1-4-8-6-5-7-10(2,3)9(8)11/h4H,5-7H2,1-3H3. The van der Waals surface area contributed by atoms with Crippen molar-refractivity contribution in [2.75, 3.05) is 0 Å². The van der Waals surface area contributed by atoms with Crippen molar-refractivity contribution in [3.8, 4) is 0 Å². The van der Waals surface area contributed by atoms with Crippen LogP contribution in [0.4, 0.5) is 0 Å². The van der Waals surface area contributed by atoms with E-state index in [1.165, 1.54) is 6.42 Å². The number of carbonyl (C=O) groups is 1. The Morgan fingerprint density at radius 1 is 1.45 bits per heavy atom. The van der Waals surface area contributed by atoms with Gasteiger partial charge in [0.15, 0.2) is 5.78 Å². The van der Waals surface area contributed by atoms with E-state index in [-0.39, 0.29) is 5.41 Å². The van der Waals surface area contributed by atoms with Gasteiger partial charge in [-0.1, -0.05) is 19.9 Å². The van der Waals surface area contributed by atoms with E-state index in [4.69, 9.17) is 0 Å². The van der Waals surface area contributed by atoms with Crippen molar-refractivity contribution in [2.24, 2.45) is 5.41 Å². The lowest BCUT2D eigenvalue weighted by Crippen LogP contribution is -2.29. The molecular weight excluding hydrogens is 136 g/mol. The summed E-state index contributed by atoms with van der Waals surface area (Å²) >= 11 is 0. The van der Waals surface area contributed by atoms with Crippen LogP contribution in [0.3, 0.4) is 0 Å². The molecular formula is C10H16O. The minimum Gasteiger partial charge on any atom is -0.294 e. The molecule has 1 nitrogen and oxygen atoms in total. The molecule has 0 unspecified atom stereocenters. The molecule has 0 aromatic rings. The van der Waals surface area contributed by atoms with E-state index in [2.05, 4.69) is 0 Å². The van der Waals surface area contributed by atoms with Gasteiger partial charge in [0, 0.05) is 5.41 Å². The maximum absolute atomic E-state index is 11.6. The predicted molar refractivity (Wildman–Crippen MR) is 46.4 cm³/mol. The highest BCUT2D eigenvalue weighted by Gasteiger charge is 2.32. The zero-order valence-electron chi connectivity index (χ0n) is 7.61. The minimum atomic E-state index is -0.0971. The van der Waals surface area contributed by atoms with E-state index < -0.39 is 0 Å². The number of hydrogen-bond acceptors (Lipinski definition) is 1. The summed E-state index contributed by atoms with van der Waals surface area (Å²) in [6, 6.07) is 0. The summed E-state index contributed by atoms with van der Waals surface area (Å²) in [5, 5.41) is 0. The molecule has 1 aliphatic carbocycles. The number of Topliss-reactive ketones (excluding diaryl/α,β-unsaturated/α-hetero) is 1. The van der Waals surface area contributed by atoms with Gasteiger partial charge in [-0.15, -0.1) is 0 Å². The molecule has 0 N–H and O–H groups in total. The molecule has 62 valence electrons. The van der Waals surface area contributed by atoms with Crippen LogP contribution in [0.15, 0.2) is 11.6 Å². The number of ketones is 1. The second kappa shape index (κ2) is 2.80. The van der Waals surface area contributed by atoms with E-state index in [1.807, 2.05) is 26.8 Å². The van der Waals surface area contributed by atoms with Crippen LogP contribution >= 0.6 is 0 Å². The van der Waals surface area contributed by atoms with Crippen molar-refractivity contribution >= 4 is 5.78 Å². The highest BCUT2D eigenvalue weighted by molar-refractivity contribution is 5.99. The van der Waals surface area contributed by atoms with Crippen LogP contribution in [-0.2, 0) is 4.79 Å². The molecule has 0 aromatic heterocycles. The molecule has 1 saturated carbocycles. The van der Waals surface area contributed by atoms with E-state index in [0.717, 1.165) is 18.4 Å². The Balaban J connectivity index is 2.85. The summed E-state index contributed by atoms with van der Waals surface area (Å²) in [5.74, 6) is 0.353. The Hall–Kier alpha value is -0.590. The van der Waals surface area contributed by atoms with Gasteiger partial charge in [0.25, 0.3) is 0 Å². The van der Waals surface area contributed by atoms with Crippen molar-refractivity contribution in [2.45, 2.75) is 40.0 Å². The molecule has 11 heavy (non-hydrogen) atoms.